The van der Waals surface area contributed by atoms with Crippen molar-refractivity contribution in [2.45, 2.75) is 44.7 Å². The van der Waals surface area contributed by atoms with Gasteiger partial charge in [0.15, 0.2) is 0 Å². The molecule has 150 valence electrons. The Morgan fingerprint density at radius 3 is 2.38 bits per heavy atom. The molecule has 1 aliphatic carbocycles. The van der Waals surface area contributed by atoms with Crippen molar-refractivity contribution in [2.24, 2.45) is 0 Å². The maximum atomic E-state index is 12.9. The summed E-state index contributed by atoms with van der Waals surface area (Å²) in [6, 6.07) is 12.2. The van der Waals surface area contributed by atoms with Crippen molar-refractivity contribution in [1.29, 1.82) is 0 Å². The molecule has 2 aromatic carbocycles. The number of hydrogen-bond donors (Lipinski definition) is 1. The topological polar surface area (TPSA) is 75.7 Å². The molecule has 0 spiro atoms. The molecule has 1 heterocycles. The molecule has 2 aliphatic rings. The summed E-state index contributed by atoms with van der Waals surface area (Å²) in [7, 11) is 1.60. The van der Waals surface area contributed by atoms with Crippen LogP contribution < -0.4 is 10.1 Å². The number of carbonyl (C=O) groups excluding carboxylic acids is 3. The molecule has 1 aliphatic heterocycles. The molecule has 0 bridgehead atoms. The van der Waals surface area contributed by atoms with E-state index in [-0.39, 0.29) is 23.8 Å². The maximum absolute atomic E-state index is 12.9. The Balaban J connectivity index is 1.47. The Morgan fingerprint density at radius 2 is 1.69 bits per heavy atom. The van der Waals surface area contributed by atoms with E-state index in [1.54, 1.807) is 25.3 Å². The Bertz CT molecular complexity index is 946. The second-order valence-corrected chi connectivity index (χ2v) is 7.56. The van der Waals surface area contributed by atoms with Crippen molar-refractivity contribution in [3.05, 3.63) is 64.7 Å². The fourth-order valence-electron chi connectivity index (χ4n) is 4.10. The van der Waals surface area contributed by atoms with Crippen molar-refractivity contribution in [3.8, 4) is 5.75 Å². The average molecular weight is 392 g/mol. The molecule has 1 N–H and O–H groups in total. The number of nitrogens with zero attached hydrogens (tertiary/aromatic N) is 1. The lowest BCUT2D eigenvalue weighted by molar-refractivity contribution is 0.0549. The first-order chi connectivity index (χ1) is 14.1. The van der Waals surface area contributed by atoms with E-state index in [4.69, 9.17) is 4.74 Å². The van der Waals surface area contributed by atoms with E-state index in [1.807, 2.05) is 24.3 Å². The summed E-state index contributed by atoms with van der Waals surface area (Å²) in [5, 5.41) is 2.85. The van der Waals surface area contributed by atoms with Crippen LogP contribution in [0, 0.1) is 0 Å². The first kappa shape index (κ1) is 19.2. The summed E-state index contributed by atoms with van der Waals surface area (Å²) in [6.07, 6.45) is 4.95. The zero-order chi connectivity index (χ0) is 20.4. The Kier molecular flexibility index (Phi) is 5.34. The van der Waals surface area contributed by atoms with E-state index in [2.05, 4.69) is 5.32 Å². The largest absolute Gasteiger partial charge is 0.497 e. The highest BCUT2D eigenvalue weighted by atomic mass is 16.5. The molecular formula is C23H24N2O4. The van der Waals surface area contributed by atoms with E-state index in [9.17, 15) is 14.4 Å². The highest BCUT2D eigenvalue weighted by Crippen LogP contribution is 2.31. The lowest BCUT2D eigenvalue weighted by Crippen LogP contribution is -2.40. The molecule has 6 heteroatoms. The van der Waals surface area contributed by atoms with Gasteiger partial charge in [0.1, 0.15) is 5.75 Å². The van der Waals surface area contributed by atoms with Crippen molar-refractivity contribution < 1.29 is 19.1 Å². The normalized spacial score (nSPS) is 16.7. The Hall–Kier alpha value is -3.15. The number of amides is 3. The molecule has 0 saturated heterocycles. The Morgan fingerprint density at radius 1 is 1.00 bits per heavy atom. The minimum Gasteiger partial charge on any atom is -0.497 e. The van der Waals surface area contributed by atoms with Crippen LogP contribution in [0.1, 0.15) is 68.7 Å². The van der Waals surface area contributed by atoms with Gasteiger partial charge in [0.05, 0.1) is 18.2 Å². The van der Waals surface area contributed by atoms with Gasteiger partial charge in [-0.25, -0.2) is 0 Å². The third-order valence-electron chi connectivity index (χ3n) is 5.73. The summed E-state index contributed by atoms with van der Waals surface area (Å²) in [4.78, 5) is 39.6. The first-order valence-corrected chi connectivity index (χ1v) is 10.0. The van der Waals surface area contributed by atoms with Crippen LogP contribution >= 0.6 is 0 Å². The van der Waals surface area contributed by atoms with Crippen LogP contribution in [-0.4, -0.2) is 35.8 Å². The van der Waals surface area contributed by atoms with Gasteiger partial charge in [-0.05, 0) is 48.7 Å². The number of methoxy groups -OCH3 is 1. The van der Waals surface area contributed by atoms with Crippen LogP contribution in [0.25, 0.3) is 0 Å². The molecule has 1 saturated carbocycles. The lowest BCUT2D eigenvalue weighted by atomic mass is 9.94. The molecule has 0 aromatic heterocycles. The second kappa shape index (κ2) is 8.07. The van der Waals surface area contributed by atoms with Crippen LogP contribution in [0.5, 0.6) is 5.75 Å². The number of imide groups is 1. The van der Waals surface area contributed by atoms with Crippen LogP contribution in [0.15, 0.2) is 42.5 Å². The van der Waals surface area contributed by atoms with E-state index >= 15 is 0 Å². The molecule has 0 unspecified atom stereocenters. The second-order valence-electron chi connectivity index (χ2n) is 7.56. The summed E-state index contributed by atoms with van der Waals surface area (Å²) in [5.74, 6) is -0.0341. The smallest absolute Gasteiger partial charge is 0.261 e. The number of carbonyl (C=O) groups is 3. The zero-order valence-corrected chi connectivity index (χ0v) is 16.4. The monoisotopic (exact) mass is 392 g/mol. The minimum atomic E-state index is -0.278. The van der Waals surface area contributed by atoms with E-state index < -0.39 is 0 Å². The number of benzene rings is 2. The van der Waals surface area contributed by atoms with Crippen molar-refractivity contribution in [2.75, 3.05) is 7.11 Å². The highest BCUT2D eigenvalue weighted by Gasteiger charge is 2.40. The van der Waals surface area contributed by atoms with Crippen molar-refractivity contribution in [1.82, 2.24) is 10.2 Å². The summed E-state index contributed by atoms with van der Waals surface area (Å²) >= 11 is 0. The molecule has 6 nitrogen and oxygen atoms in total. The van der Waals surface area contributed by atoms with Gasteiger partial charge in [-0.1, -0.05) is 31.4 Å². The van der Waals surface area contributed by atoms with Gasteiger partial charge in [-0.3, -0.25) is 19.3 Å². The van der Waals surface area contributed by atoms with E-state index in [0.29, 0.717) is 23.2 Å². The minimum absolute atomic E-state index is 0.0245. The van der Waals surface area contributed by atoms with Gasteiger partial charge in [0, 0.05) is 18.2 Å². The SMILES string of the molecule is COc1ccc(CNC(=O)c2ccc3c(c2)C(=O)N(C2CCCCC2)C3=O)cc1. The molecule has 0 radical (unpaired) electrons. The van der Waals surface area contributed by atoms with E-state index in [0.717, 1.165) is 43.4 Å². The summed E-state index contributed by atoms with van der Waals surface area (Å²) in [6.45, 7) is 0.362. The molecular weight excluding hydrogens is 368 g/mol. The van der Waals surface area contributed by atoms with Crippen LogP contribution in [0.3, 0.4) is 0 Å². The zero-order valence-electron chi connectivity index (χ0n) is 16.4. The number of fused-ring (bicyclic) bond motifs is 1. The van der Waals surface area contributed by atoms with Gasteiger partial charge in [-0.15, -0.1) is 0 Å². The third-order valence-corrected chi connectivity index (χ3v) is 5.73. The number of nitrogens with one attached hydrogen (secondary N) is 1. The summed E-state index contributed by atoms with van der Waals surface area (Å²) in [5.41, 5.74) is 2.05. The summed E-state index contributed by atoms with van der Waals surface area (Å²) < 4.78 is 5.13. The average Bonchev–Trinajstić information content (AvgIpc) is 3.02. The molecule has 4 rings (SSSR count). The number of hydrogen-bond acceptors (Lipinski definition) is 4. The molecule has 2 aromatic rings. The van der Waals surface area contributed by atoms with Gasteiger partial charge >= 0.3 is 0 Å². The lowest BCUT2D eigenvalue weighted by Gasteiger charge is -2.29. The van der Waals surface area contributed by atoms with E-state index in [1.165, 1.54) is 4.90 Å². The number of ether oxygens (including phenoxy) is 1. The van der Waals surface area contributed by atoms with Crippen molar-refractivity contribution >= 4 is 17.7 Å². The van der Waals surface area contributed by atoms with Gasteiger partial charge < -0.3 is 10.1 Å². The number of rotatable bonds is 5. The quantitative estimate of drug-likeness (QED) is 0.790. The van der Waals surface area contributed by atoms with Crippen LogP contribution in [0.2, 0.25) is 0 Å². The predicted molar refractivity (Wildman–Crippen MR) is 108 cm³/mol. The predicted octanol–water partition coefficient (Wildman–Crippen LogP) is 3.55. The van der Waals surface area contributed by atoms with Gasteiger partial charge in [0.25, 0.3) is 17.7 Å². The fraction of sp³-hybridized carbons (Fsp3) is 0.348. The fourth-order valence-corrected chi connectivity index (χ4v) is 4.10. The molecule has 29 heavy (non-hydrogen) atoms. The van der Waals surface area contributed by atoms with Crippen molar-refractivity contribution in [3.63, 3.8) is 0 Å². The highest BCUT2D eigenvalue weighted by molar-refractivity contribution is 6.22. The Labute approximate surface area is 169 Å². The molecule has 3 amide bonds. The molecule has 0 atom stereocenters. The molecule has 1 fully saturated rings. The van der Waals surface area contributed by atoms with Gasteiger partial charge in [0.2, 0.25) is 0 Å². The first-order valence-electron chi connectivity index (χ1n) is 10.0. The standard InChI is InChI=1S/C23H24N2O4/c1-29-18-10-7-15(8-11-18)14-24-21(26)16-9-12-19-20(13-16)23(28)25(22(19)27)17-5-3-2-4-6-17/h7-13,17H,2-6,14H2,1H3,(H,24,26). The maximum Gasteiger partial charge on any atom is 0.261 e. The van der Waals surface area contributed by atoms with Gasteiger partial charge in [-0.2, -0.15) is 0 Å². The third kappa shape index (κ3) is 3.75. The van der Waals surface area contributed by atoms with Crippen LogP contribution in [-0.2, 0) is 6.54 Å². The van der Waals surface area contributed by atoms with Crippen LogP contribution in [0.4, 0.5) is 0 Å².